The Kier molecular flexibility index (Phi) is 9.50. The standard InChI is InChI=1S/C21H36N4O/c1-22-21(24-16-19(17-26)18-10-5-3-6-11-18)23-14-9-15-25(2)20-12-7-4-8-13-20/h3,5-6,10-11,19-20,26H,4,7-9,12-17H2,1-2H3,(H2,22,23,24). The van der Waals surface area contributed by atoms with Crippen LogP contribution in [0.3, 0.4) is 0 Å². The Bertz CT molecular complexity index is 514. The van der Waals surface area contributed by atoms with Crippen LogP contribution in [0.2, 0.25) is 0 Å². The number of nitrogens with one attached hydrogen (secondary N) is 2. The van der Waals surface area contributed by atoms with E-state index >= 15 is 0 Å². The Hall–Kier alpha value is -1.59. The molecule has 1 aromatic rings. The molecule has 0 spiro atoms. The highest BCUT2D eigenvalue weighted by atomic mass is 16.3. The van der Waals surface area contributed by atoms with Crippen molar-refractivity contribution in [2.24, 2.45) is 4.99 Å². The van der Waals surface area contributed by atoms with Crippen LogP contribution in [-0.2, 0) is 0 Å². The molecule has 0 amide bonds. The molecule has 1 aliphatic carbocycles. The summed E-state index contributed by atoms with van der Waals surface area (Å²) < 4.78 is 0. The molecule has 0 aromatic heterocycles. The Labute approximate surface area is 158 Å². The highest BCUT2D eigenvalue weighted by molar-refractivity contribution is 5.79. The van der Waals surface area contributed by atoms with Crippen LogP contribution in [0.25, 0.3) is 0 Å². The third-order valence-corrected chi connectivity index (χ3v) is 5.41. The first-order chi connectivity index (χ1) is 12.7. The van der Waals surface area contributed by atoms with Crippen molar-refractivity contribution in [3.8, 4) is 0 Å². The zero-order valence-corrected chi connectivity index (χ0v) is 16.5. The quantitative estimate of drug-likeness (QED) is 0.360. The molecule has 0 aliphatic heterocycles. The van der Waals surface area contributed by atoms with Gasteiger partial charge in [-0.05, 0) is 38.4 Å². The second-order valence-electron chi connectivity index (χ2n) is 7.30. The van der Waals surface area contributed by atoms with Crippen LogP contribution in [-0.4, -0.2) is 62.3 Å². The topological polar surface area (TPSA) is 59.9 Å². The van der Waals surface area contributed by atoms with E-state index in [4.69, 9.17) is 0 Å². The number of aliphatic hydroxyl groups is 1. The van der Waals surface area contributed by atoms with E-state index in [1.807, 2.05) is 18.2 Å². The molecule has 26 heavy (non-hydrogen) atoms. The number of benzene rings is 1. The Morgan fingerprint density at radius 3 is 2.58 bits per heavy atom. The van der Waals surface area contributed by atoms with E-state index in [0.717, 1.165) is 37.1 Å². The Morgan fingerprint density at radius 1 is 1.19 bits per heavy atom. The molecule has 0 heterocycles. The molecule has 2 rings (SSSR count). The molecular formula is C21H36N4O. The molecule has 146 valence electrons. The van der Waals surface area contributed by atoms with Crippen molar-refractivity contribution in [2.45, 2.75) is 50.5 Å². The van der Waals surface area contributed by atoms with Crippen molar-refractivity contribution < 1.29 is 5.11 Å². The molecule has 5 heteroatoms. The Morgan fingerprint density at radius 2 is 1.92 bits per heavy atom. The molecule has 1 atom stereocenters. The zero-order valence-electron chi connectivity index (χ0n) is 16.5. The highest BCUT2D eigenvalue weighted by Gasteiger charge is 2.17. The van der Waals surface area contributed by atoms with E-state index < -0.39 is 0 Å². The second-order valence-corrected chi connectivity index (χ2v) is 7.30. The van der Waals surface area contributed by atoms with Crippen LogP contribution in [0.5, 0.6) is 0 Å². The second kappa shape index (κ2) is 11.9. The molecule has 0 radical (unpaired) electrons. The van der Waals surface area contributed by atoms with Crippen molar-refractivity contribution in [1.29, 1.82) is 0 Å². The van der Waals surface area contributed by atoms with Gasteiger partial charge in [-0.2, -0.15) is 0 Å². The maximum atomic E-state index is 9.66. The van der Waals surface area contributed by atoms with Crippen LogP contribution in [0, 0.1) is 0 Å². The zero-order chi connectivity index (χ0) is 18.6. The molecule has 0 saturated heterocycles. The van der Waals surface area contributed by atoms with Crippen molar-refractivity contribution >= 4 is 5.96 Å². The number of nitrogens with zero attached hydrogens (tertiary/aromatic N) is 2. The van der Waals surface area contributed by atoms with Gasteiger partial charge in [-0.15, -0.1) is 0 Å². The predicted octanol–water partition coefficient (Wildman–Crippen LogP) is 2.58. The van der Waals surface area contributed by atoms with Gasteiger partial charge < -0.3 is 20.6 Å². The van der Waals surface area contributed by atoms with Gasteiger partial charge in [0.15, 0.2) is 5.96 Å². The molecule has 1 aromatic carbocycles. The highest BCUT2D eigenvalue weighted by Crippen LogP contribution is 2.21. The lowest BCUT2D eigenvalue weighted by atomic mass is 9.94. The SMILES string of the molecule is CN=C(NCCCN(C)C1CCCCC1)NCC(CO)c1ccccc1. The van der Waals surface area contributed by atoms with E-state index in [9.17, 15) is 5.11 Å². The van der Waals surface area contributed by atoms with Crippen LogP contribution < -0.4 is 10.6 Å². The molecule has 5 nitrogen and oxygen atoms in total. The summed E-state index contributed by atoms with van der Waals surface area (Å²) in [4.78, 5) is 6.82. The number of aliphatic hydroxyl groups excluding tert-OH is 1. The van der Waals surface area contributed by atoms with Gasteiger partial charge in [0.05, 0.1) is 6.61 Å². The van der Waals surface area contributed by atoms with E-state index in [-0.39, 0.29) is 12.5 Å². The van der Waals surface area contributed by atoms with Crippen molar-refractivity contribution in [2.75, 3.05) is 40.3 Å². The molecule has 1 unspecified atom stereocenters. The van der Waals surface area contributed by atoms with Crippen LogP contribution in [0.15, 0.2) is 35.3 Å². The lowest BCUT2D eigenvalue weighted by molar-refractivity contribution is 0.190. The lowest BCUT2D eigenvalue weighted by Crippen LogP contribution is -2.41. The number of hydrogen-bond donors (Lipinski definition) is 3. The fourth-order valence-corrected chi connectivity index (χ4v) is 3.69. The smallest absolute Gasteiger partial charge is 0.191 e. The Balaban J connectivity index is 1.65. The third-order valence-electron chi connectivity index (χ3n) is 5.41. The predicted molar refractivity (Wildman–Crippen MR) is 110 cm³/mol. The fourth-order valence-electron chi connectivity index (χ4n) is 3.69. The summed E-state index contributed by atoms with van der Waals surface area (Å²) in [6.07, 6.45) is 8.00. The summed E-state index contributed by atoms with van der Waals surface area (Å²) in [5.74, 6) is 0.881. The number of hydrogen-bond acceptors (Lipinski definition) is 3. The van der Waals surface area contributed by atoms with Gasteiger partial charge in [0.25, 0.3) is 0 Å². The molecule has 0 bridgehead atoms. The van der Waals surface area contributed by atoms with E-state index in [2.05, 4.69) is 39.7 Å². The summed E-state index contributed by atoms with van der Waals surface area (Å²) in [7, 11) is 4.05. The fraction of sp³-hybridized carbons (Fsp3) is 0.667. The molecule has 1 saturated carbocycles. The minimum absolute atomic E-state index is 0.0761. The van der Waals surface area contributed by atoms with Gasteiger partial charge in [0, 0.05) is 32.1 Å². The van der Waals surface area contributed by atoms with Crippen molar-refractivity contribution in [3.63, 3.8) is 0 Å². The van der Waals surface area contributed by atoms with Gasteiger partial charge in [-0.3, -0.25) is 4.99 Å². The summed E-state index contributed by atoms with van der Waals surface area (Å²) in [5.41, 5.74) is 1.15. The number of rotatable bonds is 9. The normalized spacial score (nSPS) is 17.3. The number of guanidine groups is 1. The maximum absolute atomic E-state index is 9.66. The molecule has 1 aliphatic rings. The average molecular weight is 361 g/mol. The largest absolute Gasteiger partial charge is 0.396 e. The van der Waals surface area contributed by atoms with Crippen molar-refractivity contribution in [3.05, 3.63) is 35.9 Å². The first kappa shape index (κ1) is 20.7. The van der Waals surface area contributed by atoms with Crippen LogP contribution >= 0.6 is 0 Å². The van der Waals surface area contributed by atoms with Gasteiger partial charge in [0.2, 0.25) is 0 Å². The first-order valence-corrected chi connectivity index (χ1v) is 10.0. The molecule has 3 N–H and O–H groups in total. The molecule has 1 fully saturated rings. The minimum Gasteiger partial charge on any atom is -0.396 e. The van der Waals surface area contributed by atoms with Gasteiger partial charge >= 0.3 is 0 Å². The van der Waals surface area contributed by atoms with Gasteiger partial charge in [-0.1, -0.05) is 49.6 Å². The monoisotopic (exact) mass is 360 g/mol. The van der Waals surface area contributed by atoms with Crippen LogP contribution in [0.1, 0.15) is 50.0 Å². The van der Waals surface area contributed by atoms with Crippen molar-refractivity contribution in [1.82, 2.24) is 15.5 Å². The van der Waals surface area contributed by atoms with Crippen LogP contribution in [0.4, 0.5) is 0 Å². The number of aliphatic imine (C=N–C) groups is 1. The maximum Gasteiger partial charge on any atom is 0.191 e. The first-order valence-electron chi connectivity index (χ1n) is 10.0. The average Bonchev–Trinajstić information content (AvgIpc) is 2.71. The van der Waals surface area contributed by atoms with E-state index in [1.165, 1.54) is 32.1 Å². The van der Waals surface area contributed by atoms with E-state index in [0.29, 0.717) is 6.54 Å². The molecular weight excluding hydrogens is 324 g/mol. The van der Waals surface area contributed by atoms with Gasteiger partial charge in [0.1, 0.15) is 0 Å². The summed E-state index contributed by atoms with van der Waals surface area (Å²) in [6, 6.07) is 10.9. The minimum atomic E-state index is 0.0761. The van der Waals surface area contributed by atoms with E-state index in [1.54, 1.807) is 7.05 Å². The van der Waals surface area contributed by atoms with Gasteiger partial charge in [-0.25, -0.2) is 0 Å². The lowest BCUT2D eigenvalue weighted by Gasteiger charge is -2.31. The summed E-state index contributed by atoms with van der Waals surface area (Å²) in [6.45, 7) is 2.83. The summed E-state index contributed by atoms with van der Waals surface area (Å²) >= 11 is 0. The summed E-state index contributed by atoms with van der Waals surface area (Å²) in [5, 5.41) is 16.4. The third kappa shape index (κ3) is 6.96.